The number of pyridine rings is 1. The van der Waals surface area contributed by atoms with Crippen LogP contribution in [0.4, 0.5) is 5.82 Å². The van der Waals surface area contributed by atoms with Gasteiger partial charge in [0.25, 0.3) is 0 Å². The molecule has 0 aromatic carbocycles. The normalized spacial score (nSPS) is 10.3. The minimum absolute atomic E-state index is 0.245. The maximum Gasteiger partial charge on any atom is 0.339 e. The van der Waals surface area contributed by atoms with Crippen LogP contribution in [0.5, 0.6) is 0 Å². The van der Waals surface area contributed by atoms with Gasteiger partial charge in [0.2, 0.25) is 0 Å². The van der Waals surface area contributed by atoms with Gasteiger partial charge in [-0.2, -0.15) is 0 Å². The van der Waals surface area contributed by atoms with Gasteiger partial charge in [-0.25, -0.2) is 9.78 Å². The average Bonchev–Trinajstić information content (AvgIpc) is 2.42. The van der Waals surface area contributed by atoms with Crippen LogP contribution >= 0.6 is 0 Å². The van der Waals surface area contributed by atoms with Gasteiger partial charge < -0.3 is 14.7 Å². The molecule has 0 fully saturated rings. The number of rotatable bonds is 7. The molecule has 106 valence electrons. The molecular formula is C14H22N2O3. The molecule has 0 saturated carbocycles. The summed E-state index contributed by atoms with van der Waals surface area (Å²) in [4.78, 5) is 17.9. The highest BCUT2D eigenvalue weighted by molar-refractivity contribution is 5.90. The standard InChI is InChI=1S/C14H22N2O3/c1-11-12(14(18)19-3)7-8-13(15-11)16(2)9-5-4-6-10-17/h7-8,17H,4-6,9-10H2,1-3H3. The molecule has 0 bridgehead atoms. The largest absolute Gasteiger partial charge is 0.465 e. The van der Waals surface area contributed by atoms with Crippen molar-refractivity contribution in [2.75, 3.05) is 32.2 Å². The summed E-state index contributed by atoms with van der Waals surface area (Å²) in [6, 6.07) is 3.57. The third-order valence-corrected chi connectivity index (χ3v) is 3.02. The van der Waals surface area contributed by atoms with Crippen molar-refractivity contribution in [1.29, 1.82) is 0 Å². The van der Waals surface area contributed by atoms with Crippen LogP contribution in [-0.4, -0.2) is 43.4 Å². The van der Waals surface area contributed by atoms with Crippen molar-refractivity contribution in [3.63, 3.8) is 0 Å². The third kappa shape index (κ3) is 4.52. The second kappa shape index (κ2) is 7.74. The molecular weight excluding hydrogens is 244 g/mol. The maximum atomic E-state index is 11.5. The first-order valence-corrected chi connectivity index (χ1v) is 6.48. The molecule has 0 spiro atoms. The van der Waals surface area contributed by atoms with Crippen molar-refractivity contribution in [3.8, 4) is 0 Å². The van der Waals surface area contributed by atoms with E-state index in [-0.39, 0.29) is 12.6 Å². The first-order chi connectivity index (χ1) is 9.10. The van der Waals surface area contributed by atoms with Crippen molar-refractivity contribution in [2.24, 2.45) is 0 Å². The van der Waals surface area contributed by atoms with Crippen LogP contribution in [0, 0.1) is 6.92 Å². The molecule has 0 amide bonds. The van der Waals surface area contributed by atoms with Gasteiger partial charge in [-0.15, -0.1) is 0 Å². The summed E-state index contributed by atoms with van der Waals surface area (Å²) in [6.07, 6.45) is 2.85. The average molecular weight is 266 g/mol. The molecule has 5 nitrogen and oxygen atoms in total. The van der Waals surface area contributed by atoms with Gasteiger partial charge in [-0.05, 0) is 38.3 Å². The van der Waals surface area contributed by atoms with E-state index in [9.17, 15) is 4.79 Å². The second-order valence-corrected chi connectivity index (χ2v) is 4.50. The summed E-state index contributed by atoms with van der Waals surface area (Å²) < 4.78 is 4.69. The number of ether oxygens (including phenoxy) is 1. The van der Waals surface area contributed by atoms with E-state index < -0.39 is 0 Å². The Labute approximate surface area is 114 Å². The number of unbranched alkanes of at least 4 members (excludes halogenated alkanes) is 2. The molecule has 1 aromatic rings. The summed E-state index contributed by atoms with van der Waals surface area (Å²) in [5.74, 6) is 0.483. The zero-order chi connectivity index (χ0) is 14.3. The topological polar surface area (TPSA) is 62.7 Å². The number of nitrogens with zero attached hydrogens (tertiary/aromatic N) is 2. The summed E-state index contributed by atoms with van der Waals surface area (Å²) in [7, 11) is 3.33. The molecule has 1 aromatic heterocycles. The molecule has 0 aliphatic rings. The Kier molecular flexibility index (Phi) is 6.29. The molecule has 0 atom stereocenters. The highest BCUT2D eigenvalue weighted by atomic mass is 16.5. The number of esters is 1. The SMILES string of the molecule is COC(=O)c1ccc(N(C)CCCCCO)nc1C. The smallest absolute Gasteiger partial charge is 0.339 e. The molecule has 0 aliphatic heterocycles. The van der Waals surface area contributed by atoms with Gasteiger partial charge in [-0.1, -0.05) is 0 Å². The fourth-order valence-corrected chi connectivity index (χ4v) is 1.84. The van der Waals surface area contributed by atoms with E-state index in [1.807, 2.05) is 18.0 Å². The van der Waals surface area contributed by atoms with E-state index >= 15 is 0 Å². The quantitative estimate of drug-likeness (QED) is 0.602. The summed E-state index contributed by atoms with van der Waals surface area (Å²) in [5.41, 5.74) is 1.17. The Morgan fingerprint density at radius 1 is 1.37 bits per heavy atom. The fourth-order valence-electron chi connectivity index (χ4n) is 1.84. The van der Waals surface area contributed by atoms with E-state index in [2.05, 4.69) is 4.98 Å². The Morgan fingerprint density at radius 3 is 2.68 bits per heavy atom. The van der Waals surface area contributed by atoms with Crippen molar-refractivity contribution in [2.45, 2.75) is 26.2 Å². The van der Waals surface area contributed by atoms with Crippen LogP contribution < -0.4 is 4.90 Å². The Balaban J connectivity index is 2.64. The fraction of sp³-hybridized carbons (Fsp3) is 0.571. The molecule has 0 radical (unpaired) electrons. The van der Waals surface area contributed by atoms with E-state index in [0.717, 1.165) is 31.6 Å². The third-order valence-electron chi connectivity index (χ3n) is 3.02. The summed E-state index contributed by atoms with van der Waals surface area (Å²) in [6.45, 7) is 2.92. The number of aliphatic hydroxyl groups is 1. The van der Waals surface area contributed by atoms with Gasteiger partial charge in [0.15, 0.2) is 0 Å². The Bertz CT molecular complexity index is 421. The van der Waals surface area contributed by atoms with Crippen LogP contribution in [0.15, 0.2) is 12.1 Å². The monoisotopic (exact) mass is 266 g/mol. The van der Waals surface area contributed by atoms with Crippen LogP contribution in [-0.2, 0) is 4.74 Å². The number of carbonyl (C=O) groups excluding carboxylic acids is 1. The molecule has 5 heteroatoms. The van der Waals surface area contributed by atoms with Gasteiger partial charge in [0, 0.05) is 20.2 Å². The number of aliphatic hydroxyl groups excluding tert-OH is 1. The number of hydrogen-bond acceptors (Lipinski definition) is 5. The first kappa shape index (κ1) is 15.4. The molecule has 1 rings (SSSR count). The van der Waals surface area contributed by atoms with Crippen LogP contribution in [0.3, 0.4) is 0 Å². The zero-order valence-electron chi connectivity index (χ0n) is 11.8. The maximum absolute atomic E-state index is 11.5. The number of aryl methyl sites for hydroxylation is 1. The number of hydrogen-bond donors (Lipinski definition) is 1. The van der Waals surface area contributed by atoms with Gasteiger partial charge in [0.1, 0.15) is 5.82 Å². The summed E-state index contributed by atoms with van der Waals surface area (Å²) >= 11 is 0. The molecule has 0 aliphatic carbocycles. The highest BCUT2D eigenvalue weighted by Gasteiger charge is 2.12. The molecule has 1 heterocycles. The molecule has 1 N–H and O–H groups in total. The lowest BCUT2D eigenvalue weighted by Gasteiger charge is -2.19. The zero-order valence-corrected chi connectivity index (χ0v) is 11.8. The Hall–Kier alpha value is -1.62. The van der Waals surface area contributed by atoms with Crippen molar-refractivity contribution in [1.82, 2.24) is 4.98 Å². The first-order valence-electron chi connectivity index (χ1n) is 6.48. The van der Waals surface area contributed by atoms with Gasteiger partial charge in [0.05, 0.1) is 18.4 Å². The van der Waals surface area contributed by atoms with Crippen LogP contribution in [0.25, 0.3) is 0 Å². The lowest BCUT2D eigenvalue weighted by atomic mass is 10.2. The van der Waals surface area contributed by atoms with Gasteiger partial charge in [-0.3, -0.25) is 0 Å². The van der Waals surface area contributed by atoms with E-state index in [1.54, 1.807) is 13.0 Å². The lowest BCUT2D eigenvalue weighted by molar-refractivity contribution is 0.0599. The van der Waals surface area contributed by atoms with E-state index in [0.29, 0.717) is 11.3 Å². The molecule has 19 heavy (non-hydrogen) atoms. The number of methoxy groups -OCH3 is 1. The minimum Gasteiger partial charge on any atom is -0.465 e. The number of aromatic nitrogens is 1. The van der Waals surface area contributed by atoms with Crippen molar-refractivity contribution in [3.05, 3.63) is 23.4 Å². The Morgan fingerprint density at radius 2 is 2.11 bits per heavy atom. The van der Waals surface area contributed by atoms with Crippen molar-refractivity contribution < 1.29 is 14.6 Å². The highest BCUT2D eigenvalue weighted by Crippen LogP contribution is 2.15. The van der Waals surface area contributed by atoms with Crippen molar-refractivity contribution >= 4 is 11.8 Å². The van der Waals surface area contributed by atoms with E-state index in [4.69, 9.17) is 9.84 Å². The van der Waals surface area contributed by atoms with Crippen LogP contribution in [0.1, 0.15) is 35.3 Å². The van der Waals surface area contributed by atoms with E-state index in [1.165, 1.54) is 7.11 Å². The molecule has 0 unspecified atom stereocenters. The number of carbonyl (C=O) groups is 1. The van der Waals surface area contributed by atoms with Crippen LogP contribution in [0.2, 0.25) is 0 Å². The predicted octanol–water partition coefficient (Wildman–Crippen LogP) is 1.78. The second-order valence-electron chi connectivity index (χ2n) is 4.50. The number of anilines is 1. The molecule has 0 saturated heterocycles. The minimum atomic E-state index is -0.359. The summed E-state index contributed by atoms with van der Waals surface area (Å²) in [5, 5.41) is 8.72. The predicted molar refractivity (Wildman–Crippen MR) is 74.5 cm³/mol. The van der Waals surface area contributed by atoms with Gasteiger partial charge >= 0.3 is 5.97 Å². The lowest BCUT2D eigenvalue weighted by Crippen LogP contribution is -2.20.